The van der Waals surface area contributed by atoms with Gasteiger partial charge in [-0.05, 0) is 30.7 Å². The molecule has 2 aliphatic rings. The maximum Gasteiger partial charge on any atom is 0.0302 e. The fraction of sp³-hybridized carbons (Fsp3) is 0.538. The predicted octanol–water partition coefficient (Wildman–Crippen LogP) is 2.34. The molecule has 1 aromatic rings. The summed E-state index contributed by atoms with van der Waals surface area (Å²) in [6, 6.07) is 7.46. The summed E-state index contributed by atoms with van der Waals surface area (Å²) >= 11 is 0. The first-order valence-corrected chi connectivity index (χ1v) is 5.76. The van der Waals surface area contributed by atoms with Gasteiger partial charge >= 0.3 is 0 Å². The van der Waals surface area contributed by atoms with E-state index >= 15 is 0 Å². The van der Waals surface area contributed by atoms with Gasteiger partial charge in [0, 0.05) is 31.6 Å². The molecule has 1 saturated heterocycles. The summed E-state index contributed by atoms with van der Waals surface area (Å²) in [6.45, 7) is 5.64. The van der Waals surface area contributed by atoms with Gasteiger partial charge < -0.3 is 5.32 Å². The third kappa shape index (κ3) is 2.32. The van der Waals surface area contributed by atoms with Gasteiger partial charge in [-0.2, -0.15) is 0 Å². The van der Waals surface area contributed by atoms with E-state index in [2.05, 4.69) is 42.4 Å². The third-order valence-electron chi connectivity index (χ3n) is 4.00. The standard InChI is InChI=1S/C13H18N2.2ClH/c1-9-4-3-5-10-11-6-14-7-13(11)15(2)8-12(9)10;;/h3-5,11,13-14H,6-8H2,1-2H3;2*1H/t11-,13+;;/m1../s1. The Balaban J connectivity index is 0.000000722. The SMILES string of the molecule is Cc1cccc2c1CN(C)[C@H]1CNC[C@H]21.Cl.Cl. The van der Waals surface area contributed by atoms with Gasteiger partial charge in [0.1, 0.15) is 0 Å². The van der Waals surface area contributed by atoms with E-state index in [0.717, 1.165) is 19.6 Å². The number of halogens is 2. The lowest BCUT2D eigenvalue weighted by Gasteiger charge is -2.36. The van der Waals surface area contributed by atoms with Crippen molar-refractivity contribution in [3.05, 3.63) is 34.9 Å². The predicted molar refractivity (Wildman–Crippen MR) is 76.5 cm³/mol. The van der Waals surface area contributed by atoms with Crippen LogP contribution in [0.15, 0.2) is 18.2 Å². The van der Waals surface area contributed by atoms with Crippen molar-refractivity contribution < 1.29 is 0 Å². The summed E-state index contributed by atoms with van der Waals surface area (Å²) in [5.74, 6) is 0.707. The number of aryl methyl sites for hydroxylation is 1. The number of hydrogen-bond acceptors (Lipinski definition) is 2. The van der Waals surface area contributed by atoms with Crippen molar-refractivity contribution in [2.75, 3.05) is 20.1 Å². The number of likely N-dealkylation sites (N-methyl/N-ethyl adjacent to an activating group) is 1. The Kier molecular flexibility index (Phi) is 4.85. The van der Waals surface area contributed by atoms with Crippen molar-refractivity contribution in [1.29, 1.82) is 0 Å². The smallest absolute Gasteiger partial charge is 0.0302 e. The quantitative estimate of drug-likeness (QED) is 0.782. The van der Waals surface area contributed by atoms with Crippen molar-refractivity contribution in [2.24, 2.45) is 0 Å². The van der Waals surface area contributed by atoms with Crippen LogP contribution < -0.4 is 5.32 Å². The molecule has 0 aliphatic carbocycles. The Morgan fingerprint density at radius 2 is 2.00 bits per heavy atom. The second-order valence-corrected chi connectivity index (χ2v) is 4.89. The first-order valence-electron chi connectivity index (χ1n) is 5.76. The lowest BCUT2D eigenvalue weighted by Crippen LogP contribution is -2.40. The first kappa shape index (κ1) is 14.8. The molecule has 17 heavy (non-hydrogen) atoms. The van der Waals surface area contributed by atoms with Crippen LogP contribution in [-0.4, -0.2) is 31.1 Å². The van der Waals surface area contributed by atoms with Crippen molar-refractivity contribution >= 4 is 24.8 Å². The maximum absolute atomic E-state index is 3.51. The van der Waals surface area contributed by atoms with E-state index in [-0.39, 0.29) is 24.8 Å². The summed E-state index contributed by atoms with van der Waals surface area (Å²) in [4.78, 5) is 2.50. The van der Waals surface area contributed by atoms with Crippen LogP contribution in [0.5, 0.6) is 0 Å². The zero-order chi connectivity index (χ0) is 10.4. The average Bonchev–Trinajstić information content (AvgIpc) is 2.69. The number of fused-ring (bicyclic) bond motifs is 3. The average molecular weight is 275 g/mol. The zero-order valence-corrected chi connectivity index (χ0v) is 11.9. The van der Waals surface area contributed by atoms with Crippen LogP contribution >= 0.6 is 24.8 Å². The van der Waals surface area contributed by atoms with Gasteiger partial charge in [0.05, 0.1) is 0 Å². The van der Waals surface area contributed by atoms with Gasteiger partial charge in [-0.25, -0.2) is 0 Å². The molecule has 2 aliphatic heterocycles. The molecule has 0 spiro atoms. The van der Waals surface area contributed by atoms with Crippen LogP contribution in [0.2, 0.25) is 0 Å². The molecule has 0 radical (unpaired) electrons. The molecule has 1 fully saturated rings. The minimum Gasteiger partial charge on any atom is -0.314 e. The van der Waals surface area contributed by atoms with Crippen LogP contribution in [0.25, 0.3) is 0 Å². The monoisotopic (exact) mass is 274 g/mol. The molecular formula is C13H20Cl2N2. The Morgan fingerprint density at radius 1 is 1.24 bits per heavy atom. The molecule has 0 unspecified atom stereocenters. The zero-order valence-electron chi connectivity index (χ0n) is 10.3. The molecule has 0 saturated carbocycles. The lowest BCUT2D eigenvalue weighted by molar-refractivity contribution is 0.213. The fourth-order valence-electron chi connectivity index (χ4n) is 3.10. The Hall–Kier alpha value is -0.280. The lowest BCUT2D eigenvalue weighted by atomic mass is 9.84. The molecule has 2 nitrogen and oxygen atoms in total. The summed E-state index contributed by atoms with van der Waals surface area (Å²) in [6.07, 6.45) is 0. The number of hydrogen-bond donors (Lipinski definition) is 1. The molecule has 3 rings (SSSR count). The third-order valence-corrected chi connectivity index (χ3v) is 4.00. The Labute approximate surface area is 116 Å². The molecule has 4 heteroatoms. The van der Waals surface area contributed by atoms with Crippen LogP contribution in [0.3, 0.4) is 0 Å². The highest BCUT2D eigenvalue weighted by Crippen LogP contribution is 2.35. The highest BCUT2D eigenvalue weighted by atomic mass is 35.5. The van der Waals surface area contributed by atoms with Crippen LogP contribution in [0, 0.1) is 6.92 Å². The van der Waals surface area contributed by atoms with Gasteiger partial charge in [-0.15, -0.1) is 24.8 Å². The van der Waals surface area contributed by atoms with E-state index in [1.165, 1.54) is 5.56 Å². The molecular weight excluding hydrogens is 255 g/mol. The van der Waals surface area contributed by atoms with E-state index in [4.69, 9.17) is 0 Å². The second kappa shape index (κ2) is 5.57. The number of rotatable bonds is 0. The number of nitrogens with one attached hydrogen (secondary N) is 1. The number of nitrogens with zero attached hydrogens (tertiary/aromatic N) is 1. The van der Waals surface area contributed by atoms with Crippen LogP contribution in [0.1, 0.15) is 22.6 Å². The summed E-state index contributed by atoms with van der Waals surface area (Å²) < 4.78 is 0. The highest BCUT2D eigenvalue weighted by molar-refractivity contribution is 5.85. The highest BCUT2D eigenvalue weighted by Gasteiger charge is 2.36. The molecule has 1 aromatic carbocycles. The molecule has 0 bridgehead atoms. The maximum atomic E-state index is 3.51. The second-order valence-electron chi connectivity index (χ2n) is 4.89. The largest absolute Gasteiger partial charge is 0.314 e. The topological polar surface area (TPSA) is 15.3 Å². The Bertz CT molecular complexity index is 395. The van der Waals surface area contributed by atoms with Crippen molar-refractivity contribution in [2.45, 2.75) is 25.4 Å². The summed E-state index contributed by atoms with van der Waals surface area (Å²) in [5.41, 5.74) is 4.60. The molecule has 1 N–H and O–H groups in total. The van der Waals surface area contributed by atoms with Gasteiger partial charge in [-0.1, -0.05) is 18.2 Å². The van der Waals surface area contributed by atoms with Gasteiger partial charge in [0.2, 0.25) is 0 Å². The van der Waals surface area contributed by atoms with E-state index in [1.54, 1.807) is 11.1 Å². The molecule has 2 atom stereocenters. The van der Waals surface area contributed by atoms with E-state index in [1.807, 2.05) is 0 Å². The molecule has 0 amide bonds. The van der Waals surface area contributed by atoms with E-state index < -0.39 is 0 Å². The van der Waals surface area contributed by atoms with Crippen LogP contribution in [-0.2, 0) is 6.54 Å². The minimum absolute atomic E-state index is 0. The van der Waals surface area contributed by atoms with Gasteiger partial charge in [-0.3, -0.25) is 4.90 Å². The molecule has 2 heterocycles. The fourth-order valence-corrected chi connectivity index (χ4v) is 3.10. The van der Waals surface area contributed by atoms with E-state index in [0.29, 0.717) is 12.0 Å². The van der Waals surface area contributed by atoms with Crippen LogP contribution in [0.4, 0.5) is 0 Å². The Morgan fingerprint density at radius 3 is 2.76 bits per heavy atom. The normalized spacial score (nSPS) is 26.5. The molecule has 96 valence electrons. The minimum atomic E-state index is 0. The molecule has 0 aromatic heterocycles. The summed E-state index contributed by atoms with van der Waals surface area (Å²) in [7, 11) is 2.25. The first-order chi connectivity index (χ1) is 7.27. The van der Waals surface area contributed by atoms with Gasteiger partial charge in [0.15, 0.2) is 0 Å². The van der Waals surface area contributed by atoms with Crippen molar-refractivity contribution in [3.8, 4) is 0 Å². The van der Waals surface area contributed by atoms with Gasteiger partial charge in [0.25, 0.3) is 0 Å². The summed E-state index contributed by atoms with van der Waals surface area (Å²) in [5, 5.41) is 3.51. The number of benzene rings is 1. The van der Waals surface area contributed by atoms with E-state index in [9.17, 15) is 0 Å². The van der Waals surface area contributed by atoms with Crippen molar-refractivity contribution in [3.63, 3.8) is 0 Å². The van der Waals surface area contributed by atoms with Crippen molar-refractivity contribution in [1.82, 2.24) is 10.2 Å².